The molecule has 19 heavy (non-hydrogen) atoms. The van der Waals surface area contributed by atoms with Crippen molar-refractivity contribution in [3.8, 4) is 0 Å². The molecular weight excluding hydrogens is 326 g/mol. The summed E-state index contributed by atoms with van der Waals surface area (Å²) >= 11 is 0. The van der Waals surface area contributed by atoms with Gasteiger partial charge in [-0.3, -0.25) is 0 Å². The van der Waals surface area contributed by atoms with Gasteiger partial charge in [-0.25, -0.2) is 16.8 Å². The minimum absolute atomic E-state index is 0. The van der Waals surface area contributed by atoms with Crippen molar-refractivity contribution in [3.63, 3.8) is 0 Å². The molecule has 13 heteroatoms. The van der Waals surface area contributed by atoms with Crippen molar-refractivity contribution in [3.05, 3.63) is 24.0 Å². The van der Waals surface area contributed by atoms with Crippen LogP contribution < -0.4 is 59.1 Å². The summed E-state index contributed by atoms with van der Waals surface area (Å²) in [4.78, 5) is -3.40. The van der Waals surface area contributed by atoms with E-state index in [1.807, 2.05) is 0 Å². The summed E-state index contributed by atoms with van der Waals surface area (Å²) in [5.74, 6) is -0.738. The molecule has 4 N–H and O–H groups in total. The molecule has 0 spiro atoms. The van der Waals surface area contributed by atoms with Gasteiger partial charge in [0.05, 0.1) is 0 Å². The van der Waals surface area contributed by atoms with E-state index in [-0.39, 0.29) is 76.7 Å². The van der Waals surface area contributed by atoms with Crippen LogP contribution in [0.25, 0.3) is 0 Å². The van der Waals surface area contributed by atoms with Gasteiger partial charge in [0.15, 0.2) is 4.93 Å². The Kier molecular flexibility index (Phi) is 10.4. The van der Waals surface area contributed by atoms with Gasteiger partial charge in [-0.2, -0.15) is 0 Å². The molecule has 2 unspecified atom stereocenters. The molecule has 0 aromatic rings. The van der Waals surface area contributed by atoms with Crippen molar-refractivity contribution in [1.29, 1.82) is 0 Å². The van der Waals surface area contributed by atoms with Crippen LogP contribution in [0.1, 0.15) is 0 Å². The third-order valence-corrected chi connectivity index (χ3v) is 4.39. The summed E-state index contributed by atoms with van der Waals surface area (Å²) in [6.07, 6.45) is 1.15. The average Bonchev–Trinajstić information content (AvgIpc) is 2.05. The molecule has 1 aliphatic rings. The zero-order valence-electron chi connectivity index (χ0n) is 9.97. The van der Waals surface area contributed by atoms with E-state index >= 15 is 0 Å². The van der Waals surface area contributed by atoms with Gasteiger partial charge >= 0.3 is 59.1 Å². The molecule has 0 aliphatic heterocycles. The van der Waals surface area contributed by atoms with Crippen molar-refractivity contribution >= 4 is 20.2 Å². The summed E-state index contributed by atoms with van der Waals surface area (Å²) in [5.41, 5.74) is 0. The number of aliphatic hydroxyl groups is 2. The van der Waals surface area contributed by atoms with Crippen LogP contribution in [0, 0.1) is 0 Å². The quantitative estimate of drug-likeness (QED) is 0.368. The summed E-state index contributed by atoms with van der Waals surface area (Å²) in [6.45, 7) is 0. The molecule has 2 atom stereocenters. The van der Waals surface area contributed by atoms with E-state index in [0.717, 1.165) is 0 Å². The van der Waals surface area contributed by atoms with Gasteiger partial charge in [-0.1, -0.05) is 0 Å². The molecule has 100 valence electrons. The number of aliphatic hydroxyl groups excluding tert-OH is 1. The number of hydrogen-bond acceptors (Lipinski definition) is 8. The van der Waals surface area contributed by atoms with Crippen LogP contribution in [0.3, 0.4) is 0 Å². The molecule has 0 bridgehead atoms. The Bertz CT molecular complexity index is 564. The third kappa shape index (κ3) is 5.37. The van der Waals surface area contributed by atoms with Gasteiger partial charge in [0, 0.05) is 0 Å². The van der Waals surface area contributed by atoms with E-state index in [0.29, 0.717) is 6.08 Å². The topological polar surface area (TPSA) is 186 Å². The van der Waals surface area contributed by atoms with Gasteiger partial charge < -0.3 is 24.8 Å². The van der Waals surface area contributed by atoms with E-state index in [2.05, 4.69) is 0 Å². The molecule has 0 aromatic carbocycles. The fourth-order valence-corrected chi connectivity index (χ4v) is 3.24. The summed E-state index contributed by atoms with van der Waals surface area (Å²) in [7, 11) is -10.8. The van der Waals surface area contributed by atoms with E-state index in [1.54, 1.807) is 0 Å². The average molecular weight is 334 g/mol. The van der Waals surface area contributed by atoms with Crippen molar-refractivity contribution in [2.75, 3.05) is 0 Å². The second-order valence-corrected chi connectivity index (χ2v) is 6.10. The number of rotatable bonds is 2. The van der Waals surface area contributed by atoms with Crippen LogP contribution in [-0.2, 0) is 20.2 Å². The van der Waals surface area contributed by atoms with Crippen LogP contribution >= 0.6 is 0 Å². The number of allylic oxidation sites excluding steroid dienone is 1. The monoisotopic (exact) mass is 334 g/mol. The standard InChI is InChI=1S/C6H8O8S2.2Na.H2O/c7-4-1-2-6(8,16(12,13)14)5(3-4)15(9,10)11;;;/h1-3,5,7-8H,(H,9,10,11)(H,12,13,14);;;1H2/q;2*+1;/p-2. The maximum absolute atomic E-state index is 10.7. The Balaban J connectivity index is -0.000000853. The molecule has 0 heterocycles. The predicted molar refractivity (Wildman–Crippen MR) is 51.6 cm³/mol. The molecule has 1 rings (SSSR count). The summed E-state index contributed by atoms with van der Waals surface area (Å²) in [5, 5.41) is 15.7. The minimum atomic E-state index is -5.50. The van der Waals surface area contributed by atoms with Crippen LogP contribution in [0.2, 0.25) is 0 Å². The van der Waals surface area contributed by atoms with Crippen LogP contribution in [0.15, 0.2) is 24.0 Å². The van der Waals surface area contributed by atoms with Crippen molar-refractivity contribution in [2.24, 2.45) is 0 Å². The Morgan fingerprint density at radius 3 is 1.89 bits per heavy atom. The first kappa shape index (κ1) is 25.0. The molecule has 1 aliphatic carbocycles. The largest absolute Gasteiger partial charge is 1.00 e. The molecule has 0 saturated heterocycles. The fraction of sp³-hybridized carbons (Fsp3) is 0.333. The SMILES string of the molecule is O.O=S(=O)([O-])C1C=C(O)C=CC1(O)S(=O)(=O)[O-].[Na+].[Na+]. The Hall–Kier alpha value is 1.02. The van der Waals surface area contributed by atoms with Crippen LogP contribution in [0.4, 0.5) is 0 Å². The van der Waals surface area contributed by atoms with Crippen molar-refractivity contribution in [2.45, 2.75) is 10.2 Å². The number of hydrogen-bond donors (Lipinski definition) is 2. The first-order valence-electron chi connectivity index (χ1n) is 3.71. The van der Waals surface area contributed by atoms with E-state index in [1.165, 1.54) is 0 Å². The second-order valence-electron chi connectivity index (χ2n) is 3.04. The van der Waals surface area contributed by atoms with E-state index < -0.39 is 36.2 Å². The molecular formula is C6H8Na2O9S2. The summed E-state index contributed by atoms with van der Waals surface area (Å²) in [6, 6.07) is 0. The second kappa shape index (κ2) is 7.87. The molecule has 9 nitrogen and oxygen atoms in total. The molecule has 0 saturated carbocycles. The zero-order valence-corrected chi connectivity index (χ0v) is 15.6. The predicted octanol–water partition coefficient (Wildman–Crippen LogP) is -8.67. The Labute approximate surface area is 153 Å². The van der Waals surface area contributed by atoms with Crippen molar-refractivity contribution in [1.82, 2.24) is 0 Å². The zero-order chi connectivity index (χ0) is 12.8. The van der Waals surface area contributed by atoms with E-state index in [4.69, 9.17) is 5.11 Å². The van der Waals surface area contributed by atoms with Gasteiger partial charge in [0.2, 0.25) is 0 Å². The summed E-state index contributed by atoms with van der Waals surface area (Å²) < 4.78 is 64.2. The van der Waals surface area contributed by atoms with Crippen molar-refractivity contribution < 1.29 is 101 Å². The normalized spacial score (nSPS) is 26.3. The first-order chi connectivity index (χ1) is 6.98. The molecule has 0 fully saturated rings. The fourth-order valence-electron chi connectivity index (χ4n) is 1.15. The third-order valence-electron chi connectivity index (χ3n) is 1.93. The first-order valence-corrected chi connectivity index (χ1v) is 6.59. The maximum atomic E-state index is 10.7. The van der Waals surface area contributed by atoms with Crippen LogP contribution in [0.5, 0.6) is 0 Å². The van der Waals surface area contributed by atoms with Gasteiger partial charge in [0.1, 0.15) is 31.2 Å². The van der Waals surface area contributed by atoms with Gasteiger partial charge in [0.25, 0.3) is 0 Å². The molecule has 0 amide bonds. The maximum Gasteiger partial charge on any atom is 1.00 e. The van der Waals surface area contributed by atoms with E-state index in [9.17, 15) is 31.0 Å². The van der Waals surface area contributed by atoms with Gasteiger partial charge in [-0.05, 0) is 18.2 Å². The Morgan fingerprint density at radius 2 is 1.58 bits per heavy atom. The molecule has 0 aromatic heterocycles. The van der Waals surface area contributed by atoms with Crippen LogP contribution in [-0.4, -0.2) is 51.8 Å². The minimum Gasteiger partial charge on any atom is -0.747 e. The van der Waals surface area contributed by atoms with Gasteiger partial charge in [-0.15, -0.1) is 0 Å². The Morgan fingerprint density at radius 1 is 1.16 bits per heavy atom. The smallest absolute Gasteiger partial charge is 0.747 e. The molecule has 0 radical (unpaired) electrons.